The largest absolute Gasteiger partial charge is 0.465 e. The number of nitrogens with zero attached hydrogens (tertiary/aromatic N) is 3. The lowest BCUT2D eigenvalue weighted by Gasteiger charge is -2.22. The molecule has 0 saturated carbocycles. The number of halogens is 2. The van der Waals surface area contributed by atoms with E-state index >= 15 is 0 Å². The number of ether oxygens (including phenoxy) is 1. The number of carbonyl (C=O) groups is 1. The number of H-pyrrole nitrogens is 1. The van der Waals surface area contributed by atoms with Crippen molar-refractivity contribution in [2.75, 3.05) is 20.2 Å². The molecular weight excluding hydrogens is 473 g/mol. The van der Waals surface area contributed by atoms with E-state index in [0.717, 1.165) is 48.0 Å². The molecule has 1 atom stereocenters. The molecule has 0 radical (unpaired) electrons. The van der Waals surface area contributed by atoms with E-state index in [2.05, 4.69) is 26.6 Å². The number of benzene rings is 1. The zero-order valence-corrected chi connectivity index (χ0v) is 20.0. The predicted molar refractivity (Wildman–Crippen MR) is 135 cm³/mol. The minimum atomic E-state index is -0.509. The molecule has 1 saturated heterocycles. The van der Waals surface area contributed by atoms with E-state index in [9.17, 15) is 4.79 Å². The van der Waals surface area contributed by atoms with Gasteiger partial charge in [0, 0.05) is 62.8 Å². The fourth-order valence-corrected chi connectivity index (χ4v) is 4.65. The Morgan fingerprint density at radius 1 is 1.24 bits per heavy atom. The molecule has 5 rings (SSSR count). The Bertz CT molecular complexity index is 1390. The molecule has 4 aromatic rings. The Kier molecular flexibility index (Phi) is 6.41. The van der Waals surface area contributed by atoms with Gasteiger partial charge in [-0.05, 0) is 49.7 Å². The average Bonchev–Trinajstić information content (AvgIpc) is 3.51. The molecule has 0 aliphatic carbocycles. The first kappa shape index (κ1) is 22.7. The smallest absolute Gasteiger partial charge is 0.338 e. The van der Waals surface area contributed by atoms with Crippen LogP contribution < -0.4 is 5.32 Å². The number of nitrogens with one attached hydrogen (secondary N) is 2. The summed E-state index contributed by atoms with van der Waals surface area (Å²) in [5.74, 6) is -0.509. The fraction of sp³-hybridized carbons (Fsp3) is 0.240. The summed E-state index contributed by atoms with van der Waals surface area (Å²) in [6, 6.07) is 7.38. The van der Waals surface area contributed by atoms with Gasteiger partial charge in [0.1, 0.15) is 5.65 Å². The zero-order valence-electron chi connectivity index (χ0n) is 18.5. The van der Waals surface area contributed by atoms with Gasteiger partial charge in [-0.3, -0.25) is 4.68 Å². The van der Waals surface area contributed by atoms with E-state index in [1.807, 2.05) is 23.1 Å². The van der Waals surface area contributed by atoms with Gasteiger partial charge in [0.05, 0.1) is 24.9 Å². The molecule has 1 aliphatic heterocycles. The maximum atomic E-state index is 12.6. The molecule has 1 aliphatic rings. The number of hydrogen-bond acceptors (Lipinski definition) is 5. The molecule has 1 unspecified atom stereocenters. The first-order valence-corrected chi connectivity index (χ1v) is 11.8. The first-order chi connectivity index (χ1) is 16.5. The van der Waals surface area contributed by atoms with Crippen LogP contribution in [-0.4, -0.2) is 45.9 Å². The standard InChI is InChI=1S/C25H23Cl2N5O2/c1-34-25(33)22(21-9-18(26)4-5-23(21)27)8-16-11-30-24-20(16)7-15(10-29-24)17-12-31-32(14-17)19-3-2-6-28-13-19/h4-5,7-12,14,19,28H,2-3,6,13H2,1H3,(H,29,30). The molecule has 2 N–H and O–H groups in total. The molecule has 3 aromatic heterocycles. The Morgan fingerprint density at radius 2 is 2.12 bits per heavy atom. The number of aromatic nitrogens is 4. The lowest BCUT2D eigenvalue weighted by atomic mass is 10.0. The summed E-state index contributed by atoms with van der Waals surface area (Å²) in [5.41, 5.74) is 4.23. The van der Waals surface area contributed by atoms with Gasteiger partial charge in [-0.25, -0.2) is 9.78 Å². The minimum Gasteiger partial charge on any atom is -0.465 e. The van der Waals surface area contributed by atoms with Crippen LogP contribution in [-0.2, 0) is 9.53 Å². The van der Waals surface area contributed by atoms with Crippen LogP contribution in [0, 0.1) is 0 Å². The summed E-state index contributed by atoms with van der Waals surface area (Å²) in [6.45, 7) is 1.98. The van der Waals surface area contributed by atoms with Crippen LogP contribution in [0.2, 0.25) is 10.0 Å². The van der Waals surface area contributed by atoms with Crippen LogP contribution in [0.4, 0.5) is 0 Å². The lowest BCUT2D eigenvalue weighted by molar-refractivity contribution is -0.133. The van der Waals surface area contributed by atoms with Crippen molar-refractivity contribution in [2.24, 2.45) is 0 Å². The third kappa shape index (κ3) is 4.46. The van der Waals surface area contributed by atoms with Crippen LogP contribution >= 0.6 is 23.2 Å². The van der Waals surface area contributed by atoms with E-state index in [1.54, 1.807) is 30.5 Å². The number of methoxy groups -OCH3 is 1. The van der Waals surface area contributed by atoms with Gasteiger partial charge in [0.2, 0.25) is 0 Å². The zero-order chi connectivity index (χ0) is 23.7. The molecule has 9 heteroatoms. The van der Waals surface area contributed by atoms with Crippen molar-refractivity contribution in [1.82, 2.24) is 25.1 Å². The second kappa shape index (κ2) is 9.62. The highest BCUT2D eigenvalue weighted by molar-refractivity contribution is 6.37. The van der Waals surface area contributed by atoms with Crippen molar-refractivity contribution in [1.29, 1.82) is 0 Å². The molecule has 1 fully saturated rings. The van der Waals surface area contributed by atoms with Gasteiger partial charge in [-0.15, -0.1) is 0 Å². The summed E-state index contributed by atoms with van der Waals surface area (Å²) in [4.78, 5) is 20.4. The minimum absolute atomic E-state index is 0.305. The van der Waals surface area contributed by atoms with E-state index in [-0.39, 0.29) is 0 Å². The molecule has 4 heterocycles. The van der Waals surface area contributed by atoms with Crippen LogP contribution in [0.5, 0.6) is 0 Å². The number of piperidine rings is 1. The number of aromatic amines is 1. The number of carbonyl (C=O) groups excluding carboxylic acids is 1. The van der Waals surface area contributed by atoms with E-state index in [0.29, 0.717) is 32.9 Å². The number of hydrogen-bond donors (Lipinski definition) is 2. The Labute approximate surface area is 206 Å². The number of rotatable bonds is 5. The van der Waals surface area contributed by atoms with Crippen LogP contribution in [0.25, 0.3) is 33.8 Å². The molecule has 7 nitrogen and oxygen atoms in total. The topological polar surface area (TPSA) is 84.8 Å². The van der Waals surface area contributed by atoms with Gasteiger partial charge >= 0.3 is 5.97 Å². The van der Waals surface area contributed by atoms with Crippen molar-refractivity contribution in [3.05, 3.63) is 70.2 Å². The maximum Gasteiger partial charge on any atom is 0.338 e. The molecule has 0 bridgehead atoms. The number of pyridine rings is 1. The molecular formula is C25H23Cl2N5O2. The predicted octanol–water partition coefficient (Wildman–Crippen LogP) is 5.37. The van der Waals surface area contributed by atoms with Crippen LogP contribution in [0.1, 0.15) is 30.0 Å². The highest BCUT2D eigenvalue weighted by Crippen LogP contribution is 2.32. The summed E-state index contributed by atoms with van der Waals surface area (Å²) in [7, 11) is 1.34. The normalized spacial score (nSPS) is 16.7. The molecule has 0 spiro atoms. The summed E-state index contributed by atoms with van der Waals surface area (Å²) >= 11 is 12.5. The van der Waals surface area contributed by atoms with E-state index in [4.69, 9.17) is 27.9 Å². The quantitative estimate of drug-likeness (QED) is 0.287. The monoisotopic (exact) mass is 495 g/mol. The third-order valence-corrected chi connectivity index (χ3v) is 6.63. The van der Waals surface area contributed by atoms with E-state index in [1.165, 1.54) is 7.11 Å². The highest BCUT2D eigenvalue weighted by atomic mass is 35.5. The first-order valence-electron chi connectivity index (χ1n) is 11.0. The van der Waals surface area contributed by atoms with E-state index < -0.39 is 5.97 Å². The molecule has 0 amide bonds. The van der Waals surface area contributed by atoms with Gasteiger partial charge in [-0.2, -0.15) is 5.10 Å². The molecule has 174 valence electrons. The lowest BCUT2D eigenvalue weighted by Crippen LogP contribution is -2.31. The van der Waals surface area contributed by atoms with Gasteiger partial charge < -0.3 is 15.0 Å². The van der Waals surface area contributed by atoms with Crippen molar-refractivity contribution in [2.45, 2.75) is 18.9 Å². The van der Waals surface area contributed by atoms with Gasteiger partial charge in [0.15, 0.2) is 0 Å². The Hall–Kier alpha value is -3.13. The highest BCUT2D eigenvalue weighted by Gasteiger charge is 2.19. The third-order valence-electron chi connectivity index (χ3n) is 6.07. The maximum absolute atomic E-state index is 12.6. The van der Waals surface area contributed by atoms with Gasteiger partial charge in [0.25, 0.3) is 0 Å². The Balaban J connectivity index is 1.55. The Morgan fingerprint density at radius 3 is 2.91 bits per heavy atom. The molecule has 34 heavy (non-hydrogen) atoms. The van der Waals surface area contributed by atoms with Crippen LogP contribution in [0.3, 0.4) is 0 Å². The van der Waals surface area contributed by atoms with Crippen molar-refractivity contribution < 1.29 is 9.53 Å². The number of fused-ring (bicyclic) bond motifs is 1. The summed E-state index contributed by atoms with van der Waals surface area (Å²) in [5, 5.41) is 9.76. The second-order valence-corrected chi connectivity index (χ2v) is 9.09. The van der Waals surface area contributed by atoms with Crippen LogP contribution in [0.15, 0.2) is 49.1 Å². The second-order valence-electron chi connectivity index (χ2n) is 8.25. The SMILES string of the molecule is COC(=O)C(=Cc1c[nH]c2ncc(-c3cnn(C4CCCNC4)c3)cc12)c1cc(Cl)ccc1Cl. The summed E-state index contributed by atoms with van der Waals surface area (Å²) in [6.07, 6.45) is 11.6. The van der Waals surface area contributed by atoms with Crippen molar-refractivity contribution in [3.8, 4) is 11.1 Å². The average molecular weight is 496 g/mol. The summed E-state index contributed by atoms with van der Waals surface area (Å²) < 4.78 is 7.05. The fourth-order valence-electron chi connectivity index (χ4n) is 4.26. The van der Waals surface area contributed by atoms with Crippen molar-refractivity contribution >= 4 is 51.9 Å². The number of esters is 1. The van der Waals surface area contributed by atoms with Gasteiger partial charge in [-0.1, -0.05) is 23.2 Å². The van der Waals surface area contributed by atoms with Crippen molar-refractivity contribution in [3.63, 3.8) is 0 Å². The molecule has 1 aromatic carbocycles.